The van der Waals surface area contributed by atoms with Crippen molar-refractivity contribution in [3.63, 3.8) is 0 Å². The third-order valence-corrected chi connectivity index (χ3v) is 3.64. The van der Waals surface area contributed by atoms with Crippen LogP contribution in [0.25, 0.3) is 0 Å². The zero-order valence-electron chi connectivity index (χ0n) is 10.5. The smallest absolute Gasteiger partial charge is 0.306 e. The van der Waals surface area contributed by atoms with Crippen molar-refractivity contribution in [1.29, 1.82) is 0 Å². The number of aliphatic carboxylic acids is 1. The molecule has 0 radical (unpaired) electrons. The quantitative estimate of drug-likeness (QED) is 0.908. The fraction of sp³-hybridized carbons (Fsp3) is 0.385. The largest absolute Gasteiger partial charge is 0.481 e. The molecule has 5 nitrogen and oxygen atoms in total. The minimum Gasteiger partial charge on any atom is -0.481 e. The highest BCUT2D eigenvalue weighted by molar-refractivity contribution is 9.10. The van der Waals surface area contributed by atoms with Gasteiger partial charge in [0.15, 0.2) is 0 Å². The van der Waals surface area contributed by atoms with Crippen molar-refractivity contribution >= 4 is 27.8 Å². The number of nitrogens with zero attached hydrogens (tertiary/aromatic N) is 1. The lowest BCUT2D eigenvalue weighted by Crippen LogP contribution is -2.46. The Hall–Kier alpha value is -1.47. The summed E-state index contributed by atoms with van der Waals surface area (Å²) in [4.78, 5) is 24.4. The number of halogens is 2. The van der Waals surface area contributed by atoms with E-state index in [-0.39, 0.29) is 31.0 Å². The van der Waals surface area contributed by atoms with Crippen LogP contribution in [0.1, 0.15) is 16.8 Å². The number of benzene rings is 1. The molecule has 20 heavy (non-hydrogen) atoms. The van der Waals surface area contributed by atoms with Gasteiger partial charge in [0, 0.05) is 18.7 Å². The van der Waals surface area contributed by atoms with Crippen LogP contribution in [0, 0.1) is 5.82 Å². The van der Waals surface area contributed by atoms with E-state index in [2.05, 4.69) is 15.9 Å². The van der Waals surface area contributed by atoms with E-state index in [9.17, 15) is 14.0 Å². The summed E-state index contributed by atoms with van der Waals surface area (Å²) in [5.74, 6) is -1.81. The normalized spacial score (nSPS) is 18.9. The highest BCUT2D eigenvalue weighted by atomic mass is 79.9. The number of rotatable bonds is 3. The molecule has 1 amide bonds. The van der Waals surface area contributed by atoms with E-state index in [1.807, 2.05) is 0 Å². The van der Waals surface area contributed by atoms with Gasteiger partial charge >= 0.3 is 5.97 Å². The van der Waals surface area contributed by atoms with Crippen molar-refractivity contribution < 1.29 is 23.8 Å². The second-order valence-electron chi connectivity index (χ2n) is 4.47. The van der Waals surface area contributed by atoms with Crippen molar-refractivity contribution in [1.82, 2.24) is 4.90 Å². The molecule has 1 unspecified atom stereocenters. The first-order chi connectivity index (χ1) is 9.47. The standard InChI is InChI=1S/C13H13BrFNO4/c14-10-2-1-8(5-11(10)15)13(19)16-3-4-20-9(7-16)6-12(17)18/h1-2,5,9H,3-4,6-7H2,(H,17,18). The Morgan fingerprint density at radius 3 is 2.90 bits per heavy atom. The molecule has 1 aromatic carbocycles. The van der Waals surface area contributed by atoms with E-state index in [1.54, 1.807) is 0 Å². The average molecular weight is 346 g/mol. The number of ether oxygens (including phenoxy) is 1. The van der Waals surface area contributed by atoms with Gasteiger partial charge in [-0.1, -0.05) is 0 Å². The van der Waals surface area contributed by atoms with Crippen molar-refractivity contribution in [3.8, 4) is 0 Å². The van der Waals surface area contributed by atoms with Crippen molar-refractivity contribution in [2.24, 2.45) is 0 Å². The van der Waals surface area contributed by atoms with Gasteiger partial charge in [-0.25, -0.2) is 4.39 Å². The molecule has 0 aromatic heterocycles. The number of morpholine rings is 1. The Kier molecular flexibility index (Phi) is 4.72. The Morgan fingerprint density at radius 1 is 1.50 bits per heavy atom. The summed E-state index contributed by atoms with van der Waals surface area (Å²) in [5, 5.41) is 8.74. The molecule has 0 spiro atoms. The van der Waals surface area contributed by atoms with Gasteiger partial charge in [-0.2, -0.15) is 0 Å². The van der Waals surface area contributed by atoms with Crippen LogP contribution in [0.2, 0.25) is 0 Å². The van der Waals surface area contributed by atoms with Crippen LogP contribution < -0.4 is 0 Å². The van der Waals surface area contributed by atoms with Gasteiger partial charge in [-0.15, -0.1) is 0 Å². The number of carboxylic acid groups (broad SMARTS) is 1. The Bertz CT molecular complexity index is 537. The van der Waals surface area contributed by atoms with Crippen LogP contribution in [0.4, 0.5) is 4.39 Å². The molecule has 0 bridgehead atoms. The third-order valence-electron chi connectivity index (χ3n) is 2.99. The summed E-state index contributed by atoms with van der Waals surface area (Å²) in [6.07, 6.45) is -0.677. The van der Waals surface area contributed by atoms with Gasteiger partial charge in [0.05, 0.1) is 23.6 Å². The summed E-state index contributed by atoms with van der Waals surface area (Å²) in [7, 11) is 0. The van der Waals surface area contributed by atoms with Gasteiger partial charge in [-0.3, -0.25) is 9.59 Å². The van der Waals surface area contributed by atoms with Gasteiger partial charge in [0.1, 0.15) is 5.82 Å². The number of amides is 1. The first kappa shape index (κ1) is 14.9. The molecule has 1 atom stereocenters. The average Bonchev–Trinajstić information content (AvgIpc) is 2.40. The Labute approximate surface area is 123 Å². The molecule has 7 heteroatoms. The van der Waals surface area contributed by atoms with Crippen molar-refractivity contribution in [3.05, 3.63) is 34.1 Å². The maximum absolute atomic E-state index is 13.4. The van der Waals surface area contributed by atoms with E-state index in [4.69, 9.17) is 9.84 Å². The zero-order valence-corrected chi connectivity index (χ0v) is 12.1. The molecule has 108 valence electrons. The summed E-state index contributed by atoms with van der Waals surface area (Å²) in [5.41, 5.74) is 0.238. The topological polar surface area (TPSA) is 66.8 Å². The second-order valence-corrected chi connectivity index (χ2v) is 5.33. The number of hydrogen-bond donors (Lipinski definition) is 1. The highest BCUT2D eigenvalue weighted by Crippen LogP contribution is 2.19. The summed E-state index contributed by atoms with van der Waals surface area (Å²) in [6, 6.07) is 4.16. The molecular formula is C13H13BrFNO4. The first-order valence-electron chi connectivity index (χ1n) is 6.05. The van der Waals surface area contributed by atoms with Gasteiger partial charge in [-0.05, 0) is 34.1 Å². The predicted octanol–water partition coefficient (Wildman–Crippen LogP) is 1.90. The van der Waals surface area contributed by atoms with Crippen LogP contribution in [-0.4, -0.2) is 47.7 Å². The van der Waals surface area contributed by atoms with Gasteiger partial charge in [0.2, 0.25) is 0 Å². The zero-order chi connectivity index (χ0) is 14.7. The summed E-state index contributed by atoms with van der Waals surface area (Å²) in [6.45, 7) is 0.845. The van der Waals surface area contributed by atoms with E-state index in [1.165, 1.54) is 17.0 Å². The fourth-order valence-corrected chi connectivity index (χ4v) is 2.28. The lowest BCUT2D eigenvalue weighted by Gasteiger charge is -2.32. The third kappa shape index (κ3) is 3.55. The number of hydrogen-bond acceptors (Lipinski definition) is 3. The molecule has 0 saturated carbocycles. The molecule has 2 rings (SSSR count). The molecule has 1 aliphatic heterocycles. The molecular weight excluding hydrogens is 333 g/mol. The van der Waals surface area contributed by atoms with E-state index < -0.39 is 17.9 Å². The summed E-state index contributed by atoms with van der Waals surface area (Å²) >= 11 is 3.03. The lowest BCUT2D eigenvalue weighted by atomic mass is 10.1. The maximum Gasteiger partial charge on any atom is 0.306 e. The predicted molar refractivity (Wildman–Crippen MR) is 72.0 cm³/mol. The number of carbonyl (C=O) groups is 2. The van der Waals surface area contributed by atoms with Gasteiger partial charge in [0.25, 0.3) is 5.91 Å². The second kappa shape index (κ2) is 6.32. The van der Waals surface area contributed by atoms with E-state index in [0.717, 1.165) is 6.07 Å². The minimum atomic E-state index is -0.973. The molecule has 1 saturated heterocycles. The maximum atomic E-state index is 13.4. The van der Waals surface area contributed by atoms with Crippen LogP contribution in [0.3, 0.4) is 0 Å². The fourth-order valence-electron chi connectivity index (χ4n) is 2.03. The molecule has 1 heterocycles. The SMILES string of the molecule is O=C(O)CC1CN(C(=O)c2ccc(Br)c(F)c2)CCO1. The van der Waals surface area contributed by atoms with Crippen molar-refractivity contribution in [2.75, 3.05) is 19.7 Å². The molecule has 1 N–H and O–H groups in total. The molecule has 1 aromatic rings. The first-order valence-corrected chi connectivity index (χ1v) is 6.84. The van der Waals surface area contributed by atoms with Crippen LogP contribution in [0.15, 0.2) is 22.7 Å². The van der Waals surface area contributed by atoms with E-state index >= 15 is 0 Å². The number of carboxylic acids is 1. The Balaban J connectivity index is 2.08. The molecule has 1 fully saturated rings. The highest BCUT2D eigenvalue weighted by Gasteiger charge is 2.26. The molecule has 0 aliphatic carbocycles. The van der Waals surface area contributed by atoms with Gasteiger partial charge < -0.3 is 14.7 Å². The van der Waals surface area contributed by atoms with Crippen LogP contribution >= 0.6 is 15.9 Å². The number of carbonyl (C=O) groups excluding carboxylic acids is 1. The van der Waals surface area contributed by atoms with Crippen LogP contribution in [0.5, 0.6) is 0 Å². The minimum absolute atomic E-state index is 0.154. The summed E-state index contributed by atoms with van der Waals surface area (Å²) < 4.78 is 19.0. The van der Waals surface area contributed by atoms with E-state index in [0.29, 0.717) is 11.0 Å². The van der Waals surface area contributed by atoms with Crippen molar-refractivity contribution in [2.45, 2.75) is 12.5 Å². The lowest BCUT2D eigenvalue weighted by molar-refractivity contribution is -0.141. The monoisotopic (exact) mass is 345 g/mol. The molecule has 1 aliphatic rings. The van der Waals surface area contributed by atoms with Crippen LogP contribution in [-0.2, 0) is 9.53 Å². The Morgan fingerprint density at radius 2 is 2.25 bits per heavy atom.